The second-order valence-electron chi connectivity index (χ2n) is 6.13. The van der Waals surface area contributed by atoms with Crippen LogP contribution in [-0.4, -0.2) is 5.71 Å². The first-order valence-corrected chi connectivity index (χ1v) is 10.6. The maximum Gasteiger partial charge on any atom is 0.0784 e. The highest BCUT2D eigenvalue weighted by molar-refractivity contribution is 7.99. The van der Waals surface area contributed by atoms with Crippen molar-refractivity contribution in [2.75, 3.05) is 0 Å². The number of fused-ring (bicyclic) bond motifs is 1. The molecule has 0 amide bonds. The number of rotatable bonds is 2. The predicted molar refractivity (Wildman–Crippen MR) is 119 cm³/mol. The molecule has 0 spiro atoms. The van der Waals surface area contributed by atoms with Crippen LogP contribution in [0.25, 0.3) is 0 Å². The molecule has 0 bridgehead atoms. The lowest BCUT2D eigenvalue weighted by atomic mass is 10.0. The molecule has 1 atom stereocenters. The number of thioether (sulfide) groups is 1. The number of halogens is 4. The molecule has 1 nitrogen and oxygen atoms in total. The highest BCUT2D eigenvalue weighted by atomic mass is 35.5. The van der Waals surface area contributed by atoms with E-state index in [1.165, 1.54) is 0 Å². The third-order valence-electron chi connectivity index (χ3n) is 4.32. The van der Waals surface area contributed by atoms with Crippen molar-refractivity contribution in [2.24, 2.45) is 4.99 Å². The van der Waals surface area contributed by atoms with Crippen molar-refractivity contribution in [1.82, 2.24) is 0 Å². The zero-order valence-electron chi connectivity index (χ0n) is 13.9. The van der Waals surface area contributed by atoms with Crippen LogP contribution in [0.3, 0.4) is 0 Å². The van der Waals surface area contributed by atoms with Gasteiger partial charge in [-0.2, -0.15) is 0 Å². The molecule has 1 heterocycles. The average molecular weight is 453 g/mol. The van der Waals surface area contributed by atoms with Crippen LogP contribution in [0.5, 0.6) is 0 Å². The van der Waals surface area contributed by atoms with Gasteiger partial charge >= 0.3 is 0 Å². The number of benzene rings is 3. The Balaban J connectivity index is 1.85. The van der Waals surface area contributed by atoms with Gasteiger partial charge in [-0.05, 0) is 42.0 Å². The molecule has 0 saturated heterocycles. The van der Waals surface area contributed by atoms with E-state index in [1.54, 1.807) is 17.8 Å². The standard InChI is InChI=1S/C21H13Cl4NS/c22-13-6-4-12(5-7-13)20-11-19(15-9-8-14(23)10-17(15)25)26-18-3-1-2-16(24)21(18)27-20/h1-10,20H,11H2. The SMILES string of the molecule is Clc1ccc(C2CC(c3ccc(Cl)cc3Cl)=Nc3cccc(Cl)c3S2)cc1. The minimum absolute atomic E-state index is 0.133. The molecule has 3 aromatic rings. The summed E-state index contributed by atoms with van der Waals surface area (Å²) in [7, 11) is 0. The quantitative estimate of drug-likeness (QED) is 0.378. The van der Waals surface area contributed by atoms with Crippen molar-refractivity contribution in [3.05, 3.63) is 91.9 Å². The molecule has 0 N–H and O–H groups in total. The van der Waals surface area contributed by atoms with Crippen LogP contribution in [0.4, 0.5) is 5.69 Å². The Kier molecular flexibility index (Phi) is 5.73. The Hall–Kier alpha value is -1.16. The molecule has 1 aliphatic heterocycles. The molecule has 27 heavy (non-hydrogen) atoms. The summed E-state index contributed by atoms with van der Waals surface area (Å²) in [6.07, 6.45) is 0.707. The molecule has 3 aromatic carbocycles. The lowest BCUT2D eigenvalue weighted by Crippen LogP contribution is -2.06. The van der Waals surface area contributed by atoms with Gasteiger partial charge in [0, 0.05) is 27.3 Å². The summed E-state index contributed by atoms with van der Waals surface area (Å²) in [6.45, 7) is 0. The van der Waals surface area contributed by atoms with Crippen LogP contribution in [0.1, 0.15) is 22.8 Å². The van der Waals surface area contributed by atoms with Gasteiger partial charge < -0.3 is 0 Å². The second kappa shape index (κ2) is 8.06. The molecule has 0 aliphatic carbocycles. The van der Waals surface area contributed by atoms with Crippen molar-refractivity contribution in [3.63, 3.8) is 0 Å². The summed E-state index contributed by atoms with van der Waals surface area (Å²) in [4.78, 5) is 5.88. The van der Waals surface area contributed by atoms with Crippen LogP contribution < -0.4 is 0 Å². The van der Waals surface area contributed by atoms with E-state index in [9.17, 15) is 0 Å². The van der Waals surface area contributed by atoms with Crippen LogP contribution >= 0.6 is 58.2 Å². The van der Waals surface area contributed by atoms with Crippen LogP contribution in [0, 0.1) is 0 Å². The fourth-order valence-corrected chi connectivity index (χ4v) is 5.19. The van der Waals surface area contributed by atoms with Crippen molar-refractivity contribution in [2.45, 2.75) is 16.6 Å². The van der Waals surface area contributed by atoms with Gasteiger partial charge in [-0.25, -0.2) is 0 Å². The maximum atomic E-state index is 6.48. The van der Waals surface area contributed by atoms with Gasteiger partial charge in [0.05, 0.1) is 26.3 Å². The van der Waals surface area contributed by atoms with E-state index in [4.69, 9.17) is 51.4 Å². The van der Waals surface area contributed by atoms with Gasteiger partial charge in [-0.1, -0.05) is 70.7 Å². The summed E-state index contributed by atoms with van der Waals surface area (Å²) in [5, 5.41) is 2.74. The Morgan fingerprint density at radius 1 is 0.815 bits per heavy atom. The summed E-state index contributed by atoms with van der Waals surface area (Å²) >= 11 is 26.8. The first-order valence-electron chi connectivity index (χ1n) is 8.25. The fourth-order valence-electron chi connectivity index (χ4n) is 3.01. The highest BCUT2D eigenvalue weighted by Gasteiger charge is 2.25. The molecule has 0 fully saturated rings. The number of hydrogen-bond acceptors (Lipinski definition) is 2. The first kappa shape index (κ1) is 19.2. The van der Waals surface area contributed by atoms with E-state index in [0.717, 1.165) is 27.4 Å². The summed E-state index contributed by atoms with van der Waals surface area (Å²) in [5.41, 5.74) is 3.80. The molecular weight excluding hydrogens is 440 g/mol. The van der Waals surface area contributed by atoms with E-state index in [2.05, 4.69) is 0 Å². The van der Waals surface area contributed by atoms with Crippen LogP contribution in [-0.2, 0) is 0 Å². The molecule has 136 valence electrons. The third kappa shape index (κ3) is 4.16. The maximum absolute atomic E-state index is 6.48. The van der Waals surface area contributed by atoms with Crippen molar-refractivity contribution >= 4 is 69.6 Å². The monoisotopic (exact) mass is 451 g/mol. The zero-order chi connectivity index (χ0) is 19.0. The minimum Gasteiger partial charge on any atom is -0.252 e. The number of nitrogens with zero attached hydrogens (tertiary/aromatic N) is 1. The van der Waals surface area contributed by atoms with E-state index >= 15 is 0 Å². The number of hydrogen-bond donors (Lipinski definition) is 0. The van der Waals surface area contributed by atoms with Gasteiger partial charge in [-0.3, -0.25) is 4.99 Å². The Morgan fingerprint density at radius 3 is 2.30 bits per heavy atom. The van der Waals surface area contributed by atoms with E-state index in [1.807, 2.05) is 54.6 Å². The Labute approximate surface area is 182 Å². The molecular formula is C21H13Cl4NS. The second-order valence-corrected chi connectivity index (χ2v) is 9.03. The van der Waals surface area contributed by atoms with E-state index in [-0.39, 0.29) is 5.25 Å². The van der Waals surface area contributed by atoms with E-state index < -0.39 is 0 Å². The van der Waals surface area contributed by atoms with Gasteiger partial charge in [0.1, 0.15) is 0 Å². The van der Waals surface area contributed by atoms with Gasteiger partial charge in [-0.15, -0.1) is 11.8 Å². The van der Waals surface area contributed by atoms with Crippen molar-refractivity contribution in [1.29, 1.82) is 0 Å². The minimum atomic E-state index is 0.133. The van der Waals surface area contributed by atoms with E-state index in [0.29, 0.717) is 26.5 Å². The van der Waals surface area contributed by atoms with Gasteiger partial charge in [0.2, 0.25) is 0 Å². The molecule has 0 saturated carbocycles. The van der Waals surface area contributed by atoms with Crippen molar-refractivity contribution in [3.8, 4) is 0 Å². The Bertz CT molecular complexity index is 1030. The summed E-state index contributed by atoms with van der Waals surface area (Å²) < 4.78 is 0. The highest BCUT2D eigenvalue weighted by Crippen LogP contribution is 2.48. The van der Waals surface area contributed by atoms with Crippen LogP contribution in [0.2, 0.25) is 20.1 Å². The molecule has 1 aliphatic rings. The lowest BCUT2D eigenvalue weighted by molar-refractivity contribution is 1.01. The fraction of sp³-hybridized carbons (Fsp3) is 0.0952. The zero-order valence-corrected chi connectivity index (χ0v) is 17.8. The molecule has 1 unspecified atom stereocenters. The summed E-state index contributed by atoms with van der Waals surface area (Å²) in [6, 6.07) is 19.2. The molecule has 0 aromatic heterocycles. The lowest BCUT2D eigenvalue weighted by Gasteiger charge is -2.17. The Morgan fingerprint density at radius 2 is 1.56 bits per heavy atom. The third-order valence-corrected chi connectivity index (χ3v) is 6.94. The summed E-state index contributed by atoms with van der Waals surface area (Å²) in [5.74, 6) is 0. The van der Waals surface area contributed by atoms with Crippen LogP contribution in [0.15, 0.2) is 70.6 Å². The number of aliphatic imine (C=N–C) groups is 1. The molecule has 0 radical (unpaired) electrons. The normalized spacial score (nSPS) is 16.4. The topological polar surface area (TPSA) is 12.4 Å². The van der Waals surface area contributed by atoms with Gasteiger partial charge in [0.25, 0.3) is 0 Å². The predicted octanol–water partition coefficient (Wildman–Crippen LogP) is 8.66. The smallest absolute Gasteiger partial charge is 0.0784 e. The van der Waals surface area contributed by atoms with Crippen molar-refractivity contribution < 1.29 is 0 Å². The molecule has 4 rings (SSSR count). The average Bonchev–Trinajstić information content (AvgIpc) is 2.83. The largest absolute Gasteiger partial charge is 0.252 e. The first-order chi connectivity index (χ1) is 13.0. The van der Waals surface area contributed by atoms with Gasteiger partial charge in [0.15, 0.2) is 0 Å². The molecule has 6 heteroatoms.